The summed E-state index contributed by atoms with van der Waals surface area (Å²) in [6, 6.07) is 17.7. The number of thioether (sulfide) groups is 1. The van der Waals surface area contributed by atoms with Gasteiger partial charge in [-0.25, -0.2) is 4.79 Å². The number of aromatic nitrogens is 3. The van der Waals surface area contributed by atoms with Crippen LogP contribution >= 0.6 is 23.1 Å². The van der Waals surface area contributed by atoms with Crippen LogP contribution in [0, 0.1) is 0 Å². The third-order valence-corrected chi connectivity index (χ3v) is 8.59. The van der Waals surface area contributed by atoms with Crippen LogP contribution in [0.2, 0.25) is 0 Å². The van der Waals surface area contributed by atoms with Gasteiger partial charge in [-0.2, -0.15) is 0 Å². The Morgan fingerprint density at radius 3 is 2.62 bits per heavy atom. The normalized spacial score (nSPS) is 12.2. The van der Waals surface area contributed by atoms with E-state index in [4.69, 9.17) is 9.47 Å². The van der Waals surface area contributed by atoms with Gasteiger partial charge in [-0.05, 0) is 68.1 Å². The van der Waals surface area contributed by atoms with E-state index in [0.29, 0.717) is 34.6 Å². The molecule has 4 aromatic rings. The highest BCUT2D eigenvalue weighted by atomic mass is 32.2. The third kappa shape index (κ3) is 6.31. The number of fused-ring (bicyclic) bond motifs is 1. The summed E-state index contributed by atoms with van der Waals surface area (Å²) < 4.78 is 12.5. The van der Waals surface area contributed by atoms with Crippen molar-refractivity contribution in [2.24, 2.45) is 0 Å². The Morgan fingerprint density at radius 2 is 1.88 bits per heavy atom. The fraction of sp³-hybridized carbons (Fsp3) is 0.310. The fourth-order valence-corrected chi connectivity index (χ4v) is 6.80. The maximum Gasteiger partial charge on any atom is 0.341 e. The Morgan fingerprint density at radius 1 is 1.07 bits per heavy atom. The number of anilines is 2. The molecule has 0 saturated heterocycles. The largest absolute Gasteiger partial charge is 0.494 e. The number of para-hydroxylation sites is 1. The summed E-state index contributed by atoms with van der Waals surface area (Å²) in [7, 11) is 1.37. The molecular weight excluding hydrogens is 546 g/mol. The van der Waals surface area contributed by atoms with E-state index in [1.807, 2.05) is 66.1 Å². The van der Waals surface area contributed by atoms with Crippen LogP contribution < -0.4 is 15.4 Å². The number of hydrogen-bond donors (Lipinski definition) is 2. The molecule has 1 aliphatic carbocycles. The van der Waals surface area contributed by atoms with Crippen LogP contribution in [0.4, 0.5) is 10.7 Å². The van der Waals surface area contributed by atoms with E-state index in [2.05, 4.69) is 20.8 Å². The summed E-state index contributed by atoms with van der Waals surface area (Å²) in [6.07, 6.45) is 3.05. The van der Waals surface area contributed by atoms with E-state index in [0.717, 1.165) is 52.7 Å². The number of esters is 1. The summed E-state index contributed by atoms with van der Waals surface area (Å²) >= 11 is 2.95. The molecule has 0 spiro atoms. The van der Waals surface area contributed by atoms with Gasteiger partial charge in [0.05, 0.1) is 25.8 Å². The van der Waals surface area contributed by atoms with Crippen LogP contribution in [-0.4, -0.2) is 46.1 Å². The molecule has 0 aliphatic heterocycles. The first-order valence-corrected chi connectivity index (χ1v) is 15.0. The fourth-order valence-electron chi connectivity index (χ4n) is 4.60. The second-order valence-electron chi connectivity index (χ2n) is 9.08. The van der Waals surface area contributed by atoms with E-state index in [1.165, 1.54) is 30.2 Å². The number of carbonyl (C=O) groups is 2. The Hall–Kier alpha value is -3.83. The van der Waals surface area contributed by atoms with Crippen LogP contribution in [0.25, 0.3) is 5.69 Å². The predicted octanol–water partition coefficient (Wildman–Crippen LogP) is 5.74. The van der Waals surface area contributed by atoms with Crippen molar-refractivity contribution in [2.45, 2.75) is 44.3 Å². The number of nitrogens with one attached hydrogen (secondary N) is 2. The molecule has 0 saturated carbocycles. The van der Waals surface area contributed by atoms with Crippen molar-refractivity contribution in [2.75, 3.05) is 30.1 Å². The first-order chi connectivity index (χ1) is 19.6. The number of rotatable bonds is 12. The zero-order valence-corrected chi connectivity index (χ0v) is 24.1. The zero-order chi connectivity index (χ0) is 27.9. The predicted molar refractivity (Wildman–Crippen MR) is 158 cm³/mol. The summed E-state index contributed by atoms with van der Waals surface area (Å²) in [4.78, 5) is 26.4. The Labute approximate surface area is 241 Å². The molecular formula is C29H31N5O4S2. The molecule has 9 nitrogen and oxygen atoms in total. The van der Waals surface area contributed by atoms with Gasteiger partial charge in [-0.3, -0.25) is 9.36 Å². The van der Waals surface area contributed by atoms with Gasteiger partial charge in [0.2, 0.25) is 5.91 Å². The topological polar surface area (TPSA) is 107 Å². The van der Waals surface area contributed by atoms with Gasteiger partial charge in [0.1, 0.15) is 10.8 Å². The number of thiophene rings is 1. The maximum absolute atomic E-state index is 12.8. The van der Waals surface area contributed by atoms with Crippen molar-refractivity contribution >= 4 is 45.7 Å². The molecule has 2 aromatic carbocycles. The maximum atomic E-state index is 12.8. The number of amides is 1. The van der Waals surface area contributed by atoms with Gasteiger partial charge in [-0.15, -0.1) is 21.5 Å². The summed E-state index contributed by atoms with van der Waals surface area (Å²) in [6.45, 7) is 3.05. The Balaban J connectivity index is 1.24. The summed E-state index contributed by atoms with van der Waals surface area (Å²) in [5, 5.41) is 16.5. The number of nitrogens with zero attached hydrogens (tertiary/aromatic N) is 3. The van der Waals surface area contributed by atoms with E-state index < -0.39 is 5.97 Å². The molecule has 208 valence electrons. The van der Waals surface area contributed by atoms with Crippen molar-refractivity contribution in [3.05, 3.63) is 76.4 Å². The second-order valence-corrected chi connectivity index (χ2v) is 11.2. The Kier molecular flexibility index (Phi) is 9.02. The lowest BCUT2D eigenvalue weighted by molar-refractivity contribution is -0.115. The molecule has 2 aromatic heterocycles. The SMILES string of the molecule is CCOc1ccc(NCc2nnc(SCCC(=O)Nc3sc4c(c3C(=O)OC)CCC4)n2-c2ccccc2)cc1. The minimum Gasteiger partial charge on any atom is -0.494 e. The lowest BCUT2D eigenvalue weighted by Crippen LogP contribution is -2.15. The highest BCUT2D eigenvalue weighted by Gasteiger charge is 2.28. The number of methoxy groups -OCH3 is 1. The van der Waals surface area contributed by atoms with Crippen LogP contribution in [0.3, 0.4) is 0 Å². The lowest BCUT2D eigenvalue weighted by Gasteiger charge is -2.12. The molecule has 1 amide bonds. The molecule has 2 heterocycles. The van der Waals surface area contributed by atoms with E-state index in [-0.39, 0.29) is 12.3 Å². The first kappa shape index (κ1) is 27.7. The van der Waals surface area contributed by atoms with Gasteiger partial charge < -0.3 is 20.1 Å². The molecule has 1 aliphatic rings. The smallest absolute Gasteiger partial charge is 0.341 e. The molecule has 0 fully saturated rings. The molecule has 0 unspecified atom stereocenters. The number of ether oxygens (including phenoxy) is 2. The second kappa shape index (κ2) is 13.0. The van der Waals surface area contributed by atoms with E-state index in [9.17, 15) is 9.59 Å². The lowest BCUT2D eigenvalue weighted by atomic mass is 10.1. The molecule has 40 heavy (non-hydrogen) atoms. The third-order valence-electron chi connectivity index (χ3n) is 6.45. The zero-order valence-electron chi connectivity index (χ0n) is 22.4. The summed E-state index contributed by atoms with van der Waals surface area (Å²) in [5.74, 6) is 1.53. The van der Waals surface area contributed by atoms with Gasteiger partial charge in [0.25, 0.3) is 0 Å². The molecule has 0 atom stereocenters. The number of aryl methyl sites for hydroxylation is 1. The highest BCUT2D eigenvalue weighted by molar-refractivity contribution is 7.99. The van der Waals surface area contributed by atoms with Crippen LogP contribution in [0.1, 0.15) is 46.4 Å². The number of benzene rings is 2. The van der Waals surface area contributed by atoms with Crippen molar-refractivity contribution in [1.29, 1.82) is 0 Å². The minimum absolute atomic E-state index is 0.152. The molecule has 0 bridgehead atoms. The van der Waals surface area contributed by atoms with Crippen molar-refractivity contribution < 1.29 is 19.1 Å². The monoisotopic (exact) mass is 577 g/mol. The molecule has 0 radical (unpaired) electrons. The molecule has 5 rings (SSSR count). The van der Waals surface area contributed by atoms with Gasteiger partial charge in [0, 0.05) is 28.4 Å². The molecule has 11 heteroatoms. The van der Waals surface area contributed by atoms with Crippen molar-refractivity contribution in [3.8, 4) is 11.4 Å². The van der Waals surface area contributed by atoms with Gasteiger partial charge in [0.15, 0.2) is 11.0 Å². The highest BCUT2D eigenvalue weighted by Crippen LogP contribution is 2.39. The number of carbonyl (C=O) groups excluding carboxylic acids is 2. The average Bonchev–Trinajstić information content (AvgIpc) is 3.68. The minimum atomic E-state index is -0.397. The first-order valence-electron chi connectivity index (χ1n) is 13.2. The van der Waals surface area contributed by atoms with Crippen molar-refractivity contribution in [3.63, 3.8) is 0 Å². The number of hydrogen-bond acceptors (Lipinski definition) is 9. The van der Waals surface area contributed by atoms with E-state index >= 15 is 0 Å². The summed E-state index contributed by atoms with van der Waals surface area (Å²) in [5.41, 5.74) is 3.42. The average molecular weight is 578 g/mol. The van der Waals surface area contributed by atoms with E-state index in [1.54, 1.807) is 0 Å². The van der Waals surface area contributed by atoms with Crippen LogP contribution in [-0.2, 0) is 28.9 Å². The van der Waals surface area contributed by atoms with Crippen LogP contribution in [0.15, 0.2) is 59.8 Å². The van der Waals surface area contributed by atoms with Crippen LogP contribution in [0.5, 0.6) is 5.75 Å². The Bertz CT molecular complexity index is 1470. The van der Waals surface area contributed by atoms with Crippen molar-refractivity contribution in [1.82, 2.24) is 14.8 Å². The van der Waals surface area contributed by atoms with Gasteiger partial charge in [-0.1, -0.05) is 30.0 Å². The quantitative estimate of drug-likeness (QED) is 0.162. The van der Waals surface area contributed by atoms with Gasteiger partial charge >= 0.3 is 5.97 Å². The molecule has 2 N–H and O–H groups in total. The standard InChI is InChI=1S/C29H31N5O4S2/c1-3-38-21-14-12-19(13-15-21)30-18-24-32-33-29(34(24)20-8-5-4-6-9-20)39-17-16-25(35)31-27-26(28(36)37-2)22-10-7-11-23(22)40-27/h4-6,8-9,12-15,30H,3,7,10-11,16-18H2,1-2H3,(H,31,35).